The van der Waals surface area contributed by atoms with Gasteiger partial charge in [-0.2, -0.15) is 14.6 Å². The third-order valence-corrected chi connectivity index (χ3v) is 8.90. The van der Waals surface area contributed by atoms with Gasteiger partial charge in [0.25, 0.3) is 5.56 Å². The van der Waals surface area contributed by atoms with E-state index < -0.39 is 74.9 Å². The third kappa shape index (κ3) is 4.45. The number of rotatable bonds is 7. The number of fused-ring (bicyclic) bond motifs is 2. The van der Waals surface area contributed by atoms with Gasteiger partial charge in [0.2, 0.25) is 11.9 Å². The maximum absolute atomic E-state index is 13.6. The summed E-state index contributed by atoms with van der Waals surface area (Å²) in [7, 11) is -4.88. The van der Waals surface area contributed by atoms with Gasteiger partial charge in [0, 0.05) is 5.56 Å². The molecular formula is C20H25N10O10P. The van der Waals surface area contributed by atoms with E-state index in [0.29, 0.717) is 0 Å². The number of anilines is 2. The highest BCUT2D eigenvalue weighted by Crippen LogP contribution is 2.57. The molecule has 6 heterocycles. The van der Waals surface area contributed by atoms with E-state index in [0.717, 1.165) is 10.9 Å². The van der Waals surface area contributed by atoms with Crippen molar-refractivity contribution in [3.8, 4) is 0 Å². The minimum atomic E-state index is -4.88. The van der Waals surface area contributed by atoms with E-state index in [1.54, 1.807) is 0 Å². The highest BCUT2D eigenvalue weighted by atomic mass is 31.2. The molecule has 2 fully saturated rings. The SMILES string of the molecule is Nc1nc2c(ncn2[C@@H]2O[C@H](CO)[C@@H](O)[C@H]2P(=O)(O)OC[C@H]2O[C@@H](c3cnn4c(N)ncnc34)[C@H](O)[C@@H]2O)c(=O)[nH]1. The van der Waals surface area contributed by atoms with Crippen LogP contribution in [0.2, 0.25) is 0 Å². The molecule has 0 bridgehead atoms. The Hall–Kier alpha value is -3.59. The molecule has 6 rings (SSSR count). The molecule has 0 saturated carbocycles. The molecule has 10 N–H and O–H groups in total. The molecule has 0 amide bonds. The number of hydrogen-bond acceptors (Lipinski definition) is 16. The molecule has 0 aromatic carbocycles. The van der Waals surface area contributed by atoms with Crippen molar-refractivity contribution >= 4 is 36.3 Å². The molecule has 4 aromatic rings. The minimum Gasteiger partial charge on any atom is -0.394 e. The second-order valence-corrected chi connectivity index (χ2v) is 11.5. The zero-order valence-corrected chi connectivity index (χ0v) is 21.7. The Balaban J connectivity index is 1.25. The van der Waals surface area contributed by atoms with Crippen LogP contribution in [0.25, 0.3) is 16.8 Å². The fourth-order valence-corrected chi connectivity index (χ4v) is 6.70. The molecule has 41 heavy (non-hydrogen) atoms. The molecule has 4 aromatic heterocycles. The van der Waals surface area contributed by atoms with Gasteiger partial charge >= 0.3 is 7.60 Å². The van der Waals surface area contributed by atoms with Crippen LogP contribution in [0, 0.1) is 0 Å². The number of H-pyrrole nitrogens is 1. The van der Waals surface area contributed by atoms with Crippen molar-refractivity contribution in [1.29, 1.82) is 0 Å². The predicted octanol–water partition coefficient (Wildman–Crippen LogP) is -3.60. The number of nitrogens with two attached hydrogens (primary N) is 2. The number of nitrogens with zero attached hydrogens (tertiary/aromatic N) is 7. The molecule has 0 spiro atoms. The summed E-state index contributed by atoms with van der Waals surface area (Å²) in [4.78, 5) is 41.3. The van der Waals surface area contributed by atoms with Crippen molar-refractivity contribution in [2.45, 2.75) is 48.5 Å². The summed E-state index contributed by atoms with van der Waals surface area (Å²) < 4.78 is 32.6. The molecule has 2 saturated heterocycles. The zero-order valence-electron chi connectivity index (χ0n) is 20.8. The van der Waals surface area contributed by atoms with E-state index in [1.807, 2.05) is 0 Å². The quantitative estimate of drug-likeness (QED) is 0.0955. The van der Waals surface area contributed by atoms with Gasteiger partial charge in [-0.05, 0) is 0 Å². The summed E-state index contributed by atoms with van der Waals surface area (Å²) in [6.07, 6.45) is -6.39. The van der Waals surface area contributed by atoms with Crippen LogP contribution in [0.3, 0.4) is 0 Å². The Kier molecular flexibility index (Phi) is 6.76. The first-order chi connectivity index (χ1) is 19.5. The number of ether oxygens (including phenoxy) is 2. The Morgan fingerprint density at radius 1 is 1.07 bits per heavy atom. The molecule has 0 aliphatic carbocycles. The van der Waals surface area contributed by atoms with Gasteiger partial charge in [0.1, 0.15) is 48.6 Å². The average Bonchev–Trinajstić information content (AvgIpc) is 3.68. The number of aliphatic hydroxyl groups excluding tert-OH is 4. The largest absolute Gasteiger partial charge is 0.394 e. The highest BCUT2D eigenvalue weighted by molar-refractivity contribution is 7.53. The second kappa shape index (κ2) is 10.0. The van der Waals surface area contributed by atoms with Crippen LogP contribution in [0.1, 0.15) is 17.9 Å². The third-order valence-electron chi connectivity index (χ3n) is 7.07. The van der Waals surface area contributed by atoms with E-state index in [4.69, 9.17) is 25.5 Å². The molecule has 21 heteroatoms. The monoisotopic (exact) mass is 596 g/mol. The van der Waals surface area contributed by atoms with Gasteiger partial charge in [0.05, 0.1) is 25.7 Å². The molecule has 2 aliphatic rings. The number of aliphatic hydroxyl groups is 4. The molecule has 1 unspecified atom stereocenters. The average molecular weight is 596 g/mol. The Morgan fingerprint density at radius 3 is 2.61 bits per heavy atom. The van der Waals surface area contributed by atoms with E-state index in [2.05, 4.69) is 30.0 Å². The van der Waals surface area contributed by atoms with E-state index in [1.165, 1.54) is 17.0 Å². The summed E-state index contributed by atoms with van der Waals surface area (Å²) >= 11 is 0. The summed E-state index contributed by atoms with van der Waals surface area (Å²) in [5, 5.41) is 45.9. The lowest BCUT2D eigenvalue weighted by Crippen LogP contribution is -2.36. The normalized spacial score (nSPS) is 31.7. The van der Waals surface area contributed by atoms with Crippen molar-refractivity contribution < 1.29 is 43.9 Å². The van der Waals surface area contributed by atoms with Crippen molar-refractivity contribution in [3.05, 3.63) is 34.8 Å². The van der Waals surface area contributed by atoms with Crippen molar-refractivity contribution in [2.75, 3.05) is 24.7 Å². The fraction of sp³-hybridized carbons (Fsp3) is 0.500. The first-order valence-corrected chi connectivity index (χ1v) is 13.8. The van der Waals surface area contributed by atoms with Gasteiger partial charge in [-0.3, -0.25) is 18.9 Å². The molecule has 9 atom stereocenters. The maximum Gasteiger partial charge on any atom is 0.338 e. The zero-order chi connectivity index (χ0) is 29.2. The number of aromatic amines is 1. The van der Waals surface area contributed by atoms with Crippen LogP contribution in [-0.2, 0) is 18.6 Å². The molecule has 0 radical (unpaired) electrons. The van der Waals surface area contributed by atoms with Crippen LogP contribution in [0.15, 0.2) is 23.6 Å². The van der Waals surface area contributed by atoms with Gasteiger partial charge in [-0.1, -0.05) is 0 Å². The smallest absolute Gasteiger partial charge is 0.338 e. The molecule has 20 nitrogen and oxygen atoms in total. The predicted molar refractivity (Wildman–Crippen MR) is 134 cm³/mol. The van der Waals surface area contributed by atoms with E-state index in [-0.39, 0.29) is 34.3 Å². The standard InChI is InChI=1S/C20H25N10O10P/c21-19-27-16-9(17(35)28-19)25-5-29(16)18-14(11(33)7(2-31)40-18)41(36,37)38-3-8-10(32)12(34)13(39-8)6-1-26-30-15(6)23-4-24-20(30)22/h1,4-5,7-8,10-14,18,31-34H,2-3H2,(H,36,37)(H2,22,23,24)(H3,21,27,28,35)/t7-,8-,10-,11-,12-,13+,14-,18-/m1/s1. The number of nitrogens with one attached hydrogen (secondary N) is 1. The molecular weight excluding hydrogens is 571 g/mol. The van der Waals surface area contributed by atoms with E-state index >= 15 is 0 Å². The van der Waals surface area contributed by atoms with Gasteiger partial charge in [-0.25, -0.2) is 15.0 Å². The lowest BCUT2D eigenvalue weighted by molar-refractivity contribution is -0.0435. The number of imidazole rings is 1. The van der Waals surface area contributed by atoms with Crippen molar-refractivity contribution in [1.82, 2.24) is 39.1 Å². The van der Waals surface area contributed by atoms with Crippen LogP contribution in [0.4, 0.5) is 11.9 Å². The van der Waals surface area contributed by atoms with Crippen molar-refractivity contribution in [2.24, 2.45) is 0 Å². The maximum atomic E-state index is 13.6. The van der Waals surface area contributed by atoms with Gasteiger partial charge in [-0.15, -0.1) is 0 Å². The number of hydrogen-bond donors (Lipinski definition) is 8. The minimum absolute atomic E-state index is 0.0247. The fourth-order valence-electron chi connectivity index (χ4n) is 5.05. The Bertz CT molecular complexity index is 1710. The topological polar surface area (TPSA) is 305 Å². The van der Waals surface area contributed by atoms with Crippen LogP contribution >= 0.6 is 7.60 Å². The van der Waals surface area contributed by atoms with Crippen molar-refractivity contribution in [3.63, 3.8) is 0 Å². The Labute approximate surface area is 227 Å². The van der Waals surface area contributed by atoms with Crippen LogP contribution < -0.4 is 17.0 Å². The second-order valence-electron chi connectivity index (χ2n) is 9.51. The summed E-state index contributed by atoms with van der Waals surface area (Å²) in [5.74, 6) is -0.237. The summed E-state index contributed by atoms with van der Waals surface area (Å²) in [6.45, 7) is -1.42. The summed E-state index contributed by atoms with van der Waals surface area (Å²) in [6, 6.07) is 0. The van der Waals surface area contributed by atoms with E-state index in [9.17, 15) is 34.7 Å². The molecule has 220 valence electrons. The molecule has 2 aliphatic heterocycles. The summed E-state index contributed by atoms with van der Waals surface area (Å²) in [5.41, 5.74) is 9.26. The van der Waals surface area contributed by atoms with Gasteiger partial charge < -0.3 is 50.8 Å². The Morgan fingerprint density at radius 2 is 1.85 bits per heavy atom. The van der Waals surface area contributed by atoms with Gasteiger partial charge in [0.15, 0.2) is 23.0 Å². The van der Waals surface area contributed by atoms with Crippen LogP contribution in [0.5, 0.6) is 0 Å². The van der Waals surface area contributed by atoms with Crippen LogP contribution in [-0.4, -0.2) is 114 Å². The first kappa shape index (κ1) is 27.6. The number of nitrogen functional groups attached to an aromatic ring is 2. The lowest BCUT2D eigenvalue weighted by atomic mass is 10.0. The number of aromatic nitrogens is 8. The first-order valence-electron chi connectivity index (χ1n) is 12.1. The highest BCUT2D eigenvalue weighted by Gasteiger charge is 2.56. The lowest BCUT2D eigenvalue weighted by Gasteiger charge is -2.27.